The number of hydrogen-bond donors (Lipinski definition) is 0. The van der Waals surface area contributed by atoms with Gasteiger partial charge in [0.05, 0.1) is 6.26 Å². The number of furan rings is 1. The van der Waals surface area contributed by atoms with E-state index in [-0.39, 0.29) is 5.57 Å². The molecule has 1 aromatic heterocycles. The molecule has 0 aliphatic carbocycles. The molecule has 1 saturated heterocycles. The molecule has 2 rings (SSSR count). The van der Waals surface area contributed by atoms with E-state index in [0.29, 0.717) is 5.76 Å². The number of rotatable bonds is 2. The van der Waals surface area contributed by atoms with Gasteiger partial charge in [-0.2, -0.15) is 0 Å². The van der Waals surface area contributed by atoms with Crippen molar-refractivity contribution in [3.05, 3.63) is 41.9 Å². The second-order valence-electron chi connectivity index (χ2n) is 4.13. The molecule has 1 fully saturated rings. The van der Waals surface area contributed by atoms with E-state index in [1.54, 1.807) is 18.2 Å². The highest BCUT2D eigenvalue weighted by molar-refractivity contribution is 6.15. The van der Waals surface area contributed by atoms with Crippen LogP contribution in [0.1, 0.15) is 19.6 Å². The molecule has 0 bridgehead atoms. The van der Waals surface area contributed by atoms with E-state index >= 15 is 0 Å². The zero-order chi connectivity index (χ0) is 13.2. The van der Waals surface area contributed by atoms with Crippen molar-refractivity contribution in [3.63, 3.8) is 0 Å². The molecule has 1 aliphatic rings. The molecule has 0 saturated carbocycles. The van der Waals surface area contributed by atoms with Crippen molar-refractivity contribution in [2.24, 2.45) is 0 Å². The van der Waals surface area contributed by atoms with Gasteiger partial charge in [-0.25, -0.2) is 9.59 Å². The van der Waals surface area contributed by atoms with Gasteiger partial charge in [-0.15, -0.1) is 0 Å². The maximum atomic E-state index is 11.6. The van der Waals surface area contributed by atoms with E-state index in [4.69, 9.17) is 13.9 Å². The molecule has 0 spiro atoms. The Labute approximate surface area is 104 Å². The maximum absolute atomic E-state index is 11.6. The number of carbonyl (C=O) groups excluding carboxylic acids is 2. The highest BCUT2D eigenvalue weighted by Crippen LogP contribution is 2.22. The first-order chi connectivity index (χ1) is 8.48. The first-order valence-corrected chi connectivity index (χ1v) is 5.36. The number of cyclic esters (lactones) is 2. The zero-order valence-electron chi connectivity index (χ0n) is 10.0. The Balaban J connectivity index is 2.13. The van der Waals surface area contributed by atoms with Gasteiger partial charge >= 0.3 is 11.9 Å². The Hall–Kier alpha value is -2.30. The summed E-state index contributed by atoms with van der Waals surface area (Å²) in [4.78, 5) is 23.1. The standard InChI is InChI=1S/C13H12O5/c1-13(2)17-11(14)10(12(15)18-13)7-3-5-9-6-4-8-16-9/h3-8H,1-2H3. The highest BCUT2D eigenvalue weighted by Gasteiger charge is 2.38. The average Bonchev–Trinajstić information content (AvgIpc) is 2.73. The fourth-order valence-electron chi connectivity index (χ4n) is 1.42. The minimum Gasteiger partial charge on any atom is -0.465 e. The number of allylic oxidation sites excluding steroid dienone is 2. The van der Waals surface area contributed by atoms with Gasteiger partial charge in [0, 0.05) is 13.8 Å². The molecule has 1 aromatic rings. The summed E-state index contributed by atoms with van der Waals surface area (Å²) in [6, 6.07) is 3.48. The topological polar surface area (TPSA) is 65.7 Å². The number of carbonyl (C=O) groups is 2. The van der Waals surface area contributed by atoms with Gasteiger partial charge in [-0.1, -0.05) is 6.08 Å². The molecule has 94 valence electrons. The smallest absolute Gasteiger partial charge is 0.348 e. The summed E-state index contributed by atoms with van der Waals surface area (Å²) < 4.78 is 14.9. The van der Waals surface area contributed by atoms with Crippen molar-refractivity contribution < 1.29 is 23.5 Å². The van der Waals surface area contributed by atoms with Crippen LogP contribution in [0.3, 0.4) is 0 Å². The van der Waals surface area contributed by atoms with Gasteiger partial charge in [-0.05, 0) is 24.3 Å². The number of hydrogen-bond acceptors (Lipinski definition) is 5. The molecule has 0 amide bonds. The largest absolute Gasteiger partial charge is 0.465 e. The summed E-state index contributed by atoms with van der Waals surface area (Å²) >= 11 is 0. The second-order valence-corrected chi connectivity index (χ2v) is 4.13. The summed E-state index contributed by atoms with van der Waals surface area (Å²) in [6.45, 7) is 3.00. The number of ether oxygens (including phenoxy) is 2. The molecule has 5 nitrogen and oxygen atoms in total. The lowest BCUT2D eigenvalue weighted by atomic mass is 10.2. The molecular weight excluding hydrogens is 236 g/mol. The van der Waals surface area contributed by atoms with Crippen LogP contribution in [0.5, 0.6) is 0 Å². The van der Waals surface area contributed by atoms with Crippen LogP contribution in [0.15, 0.2) is 40.5 Å². The van der Waals surface area contributed by atoms with Gasteiger partial charge in [0.1, 0.15) is 11.3 Å². The molecule has 1 aliphatic heterocycles. The summed E-state index contributed by atoms with van der Waals surface area (Å²) in [5.74, 6) is -1.98. The summed E-state index contributed by atoms with van der Waals surface area (Å²) in [5, 5.41) is 0. The lowest BCUT2D eigenvalue weighted by Crippen LogP contribution is -2.41. The maximum Gasteiger partial charge on any atom is 0.348 e. The monoisotopic (exact) mass is 248 g/mol. The van der Waals surface area contributed by atoms with Crippen molar-refractivity contribution in [1.82, 2.24) is 0 Å². The molecular formula is C13H12O5. The Kier molecular flexibility index (Phi) is 3.06. The van der Waals surface area contributed by atoms with Crippen molar-refractivity contribution in [3.8, 4) is 0 Å². The van der Waals surface area contributed by atoms with Crippen LogP contribution in [-0.2, 0) is 19.1 Å². The van der Waals surface area contributed by atoms with Gasteiger partial charge in [0.15, 0.2) is 0 Å². The van der Waals surface area contributed by atoms with Crippen LogP contribution in [-0.4, -0.2) is 17.7 Å². The summed E-state index contributed by atoms with van der Waals surface area (Å²) in [6.07, 6.45) is 6.00. The third-order valence-electron chi connectivity index (χ3n) is 2.18. The molecule has 0 radical (unpaired) electrons. The van der Waals surface area contributed by atoms with Gasteiger partial charge in [0.2, 0.25) is 0 Å². The fraction of sp³-hybridized carbons (Fsp3) is 0.231. The Morgan fingerprint density at radius 1 is 1.17 bits per heavy atom. The molecule has 2 heterocycles. The van der Waals surface area contributed by atoms with Crippen molar-refractivity contribution in [2.45, 2.75) is 19.6 Å². The third kappa shape index (κ3) is 2.68. The van der Waals surface area contributed by atoms with E-state index in [0.717, 1.165) is 0 Å². The predicted molar refractivity (Wildman–Crippen MR) is 62.1 cm³/mol. The van der Waals surface area contributed by atoms with Crippen molar-refractivity contribution in [1.29, 1.82) is 0 Å². The van der Waals surface area contributed by atoms with Gasteiger partial charge < -0.3 is 13.9 Å². The van der Waals surface area contributed by atoms with Gasteiger partial charge in [-0.3, -0.25) is 0 Å². The Bertz CT molecular complexity index is 498. The molecule has 18 heavy (non-hydrogen) atoms. The summed E-state index contributed by atoms with van der Waals surface area (Å²) in [7, 11) is 0. The lowest BCUT2D eigenvalue weighted by molar-refractivity contribution is -0.222. The first kappa shape index (κ1) is 12.2. The minimum absolute atomic E-state index is 0.142. The average molecular weight is 248 g/mol. The molecule has 0 N–H and O–H groups in total. The zero-order valence-corrected chi connectivity index (χ0v) is 10.0. The molecule has 5 heteroatoms. The van der Waals surface area contributed by atoms with E-state index in [1.807, 2.05) is 0 Å². The van der Waals surface area contributed by atoms with Crippen molar-refractivity contribution in [2.75, 3.05) is 0 Å². The van der Waals surface area contributed by atoms with E-state index < -0.39 is 17.7 Å². The quantitative estimate of drug-likeness (QED) is 0.455. The predicted octanol–water partition coefficient (Wildman–Crippen LogP) is 2.06. The van der Waals surface area contributed by atoms with E-state index in [9.17, 15) is 9.59 Å². The molecule has 0 atom stereocenters. The van der Waals surface area contributed by atoms with Crippen LogP contribution >= 0.6 is 0 Å². The Morgan fingerprint density at radius 3 is 2.39 bits per heavy atom. The lowest BCUT2D eigenvalue weighted by Gasteiger charge is -2.29. The Morgan fingerprint density at radius 2 is 1.83 bits per heavy atom. The summed E-state index contributed by atoms with van der Waals surface area (Å²) in [5.41, 5.74) is -0.142. The van der Waals surface area contributed by atoms with Crippen LogP contribution in [0.2, 0.25) is 0 Å². The highest BCUT2D eigenvalue weighted by atomic mass is 16.7. The van der Waals surface area contributed by atoms with E-state index in [2.05, 4.69) is 0 Å². The van der Waals surface area contributed by atoms with Crippen LogP contribution < -0.4 is 0 Å². The third-order valence-corrected chi connectivity index (χ3v) is 2.18. The van der Waals surface area contributed by atoms with Crippen molar-refractivity contribution >= 4 is 18.0 Å². The molecule has 0 aromatic carbocycles. The van der Waals surface area contributed by atoms with Crippen LogP contribution in [0.4, 0.5) is 0 Å². The van der Waals surface area contributed by atoms with Gasteiger partial charge in [0.25, 0.3) is 5.79 Å². The second kappa shape index (κ2) is 4.52. The number of esters is 2. The van der Waals surface area contributed by atoms with E-state index in [1.165, 1.54) is 32.3 Å². The SMILES string of the molecule is CC1(C)OC(=O)C(=CC=Cc2ccco2)C(=O)O1. The van der Waals surface area contributed by atoms with Crippen LogP contribution in [0.25, 0.3) is 6.08 Å². The van der Waals surface area contributed by atoms with Crippen LogP contribution in [0, 0.1) is 0 Å². The molecule has 0 unspecified atom stereocenters. The first-order valence-electron chi connectivity index (χ1n) is 5.36. The normalized spacial score (nSPS) is 18.7. The minimum atomic E-state index is -1.21. The fourth-order valence-corrected chi connectivity index (χ4v) is 1.42.